The van der Waals surface area contributed by atoms with Gasteiger partial charge >= 0.3 is 6.03 Å². The van der Waals surface area contributed by atoms with Crippen molar-refractivity contribution in [1.29, 1.82) is 0 Å². The van der Waals surface area contributed by atoms with Crippen LogP contribution in [-0.4, -0.2) is 36.5 Å². The van der Waals surface area contributed by atoms with Gasteiger partial charge in [0.2, 0.25) is 5.91 Å². The molecule has 1 saturated heterocycles. The van der Waals surface area contributed by atoms with Gasteiger partial charge in [-0.05, 0) is 43.5 Å². The number of hydrogen-bond acceptors (Lipinski definition) is 3. The minimum absolute atomic E-state index is 0.0789. The minimum atomic E-state index is -0.241. The van der Waals surface area contributed by atoms with Crippen LogP contribution >= 0.6 is 0 Å². The smallest absolute Gasteiger partial charge is 0.321 e. The van der Waals surface area contributed by atoms with E-state index in [2.05, 4.69) is 10.6 Å². The Balaban J connectivity index is 1.59. The molecule has 2 aromatic rings. The van der Waals surface area contributed by atoms with Gasteiger partial charge in [-0.3, -0.25) is 4.79 Å². The molecule has 1 fully saturated rings. The molecule has 0 aromatic heterocycles. The molecule has 0 saturated carbocycles. The van der Waals surface area contributed by atoms with E-state index in [9.17, 15) is 9.59 Å². The molecule has 1 aliphatic heterocycles. The SMILES string of the molecule is CCCOc1ccccc1NC(=O)C1CCCN(C(=O)Nc2ccccc2)C1. The van der Waals surface area contributed by atoms with Crippen LogP contribution in [0.1, 0.15) is 26.2 Å². The highest BCUT2D eigenvalue weighted by Gasteiger charge is 2.29. The Morgan fingerprint density at radius 3 is 2.61 bits per heavy atom. The van der Waals surface area contributed by atoms with Crippen molar-refractivity contribution in [1.82, 2.24) is 4.90 Å². The number of anilines is 2. The summed E-state index contributed by atoms with van der Waals surface area (Å²) in [6, 6.07) is 16.6. The first-order valence-corrected chi connectivity index (χ1v) is 9.81. The molecule has 1 unspecified atom stereocenters. The summed E-state index contributed by atoms with van der Waals surface area (Å²) in [7, 11) is 0. The number of nitrogens with one attached hydrogen (secondary N) is 2. The molecule has 1 heterocycles. The first kappa shape index (κ1) is 19.7. The molecule has 6 heteroatoms. The van der Waals surface area contributed by atoms with E-state index in [-0.39, 0.29) is 17.9 Å². The summed E-state index contributed by atoms with van der Waals surface area (Å²) in [5, 5.41) is 5.86. The maximum Gasteiger partial charge on any atom is 0.321 e. The standard InChI is InChI=1S/C22H27N3O3/c1-2-15-28-20-13-7-6-12-19(20)24-21(26)17-9-8-14-25(16-17)22(27)23-18-10-4-3-5-11-18/h3-7,10-13,17H,2,8-9,14-16H2,1H3,(H,23,27)(H,24,26). The van der Waals surface area contributed by atoms with E-state index in [4.69, 9.17) is 4.74 Å². The minimum Gasteiger partial charge on any atom is -0.491 e. The molecule has 0 aliphatic carbocycles. The Morgan fingerprint density at radius 2 is 1.82 bits per heavy atom. The lowest BCUT2D eigenvalue weighted by Crippen LogP contribution is -2.45. The number of amides is 3. The first-order valence-electron chi connectivity index (χ1n) is 9.81. The molecule has 1 atom stereocenters. The Bertz CT molecular complexity index is 795. The fourth-order valence-electron chi connectivity index (χ4n) is 3.24. The number of carbonyl (C=O) groups is 2. The summed E-state index contributed by atoms with van der Waals surface area (Å²) in [5.41, 5.74) is 1.42. The summed E-state index contributed by atoms with van der Waals surface area (Å²) in [4.78, 5) is 27.0. The van der Waals surface area contributed by atoms with Crippen LogP contribution in [-0.2, 0) is 4.79 Å². The summed E-state index contributed by atoms with van der Waals surface area (Å²) in [6.07, 6.45) is 2.46. The lowest BCUT2D eigenvalue weighted by atomic mass is 9.97. The van der Waals surface area contributed by atoms with Gasteiger partial charge in [-0.25, -0.2) is 4.79 Å². The summed E-state index contributed by atoms with van der Waals surface area (Å²) in [5.74, 6) is 0.353. The second-order valence-corrected chi connectivity index (χ2v) is 6.92. The third-order valence-corrected chi connectivity index (χ3v) is 4.71. The monoisotopic (exact) mass is 381 g/mol. The van der Waals surface area contributed by atoms with Gasteiger partial charge < -0.3 is 20.3 Å². The van der Waals surface area contributed by atoms with Crippen LogP contribution < -0.4 is 15.4 Å². The zero-order valence-corrected chi connectivity index (χ0v) is 16.2. The van der Waals surface area contributed by atoms with Crippen molar-refractivity contribution < 1.29 is 14.3 Å². The van der Waals surface area contributed by atoms with Crippen molar-refractivity contribution in [2.45, 2.75) is 26.2 Å². The highest BCUT2D eigenvalue weighted by molar-refractivity contribution is 5.95. The number of benzene rings is 2. The van der Waals surface area contributed by atoms with Crippen LogP contribution in [0.2, 0.25) is 0 Å². The Labute approximate surface area is 165 Å². The van der Waals surface area contributed by atoms with E-state index in [1.165, 1.54) is 0 Å². The van der Waals surface area contributed by atoms with Gasteiger partial charge in [-0.2, -0.15) is 0 Å². The number of nitrogens with zero attached hydrogens (tertiary/aromatic N) is 1. The maximum absolute atomic E-state index is 12.8. The zero-order chi connectivity index (χ0) is 19.8. The van der Waals surface area contributed by atoms with Gasteiger partial charge in [0, 0.05) is 18.8 Å². The molecular weight excluding hydrogens is 354 g/mol. The van der Waals surface area contributed by atoms with Crippen LogP contribution in [0, 0.1) is 5.92 Å². The molecule has 28 heavy (non-hydrogen) atoms. The number of carbonyl (C=O) groups excluding carboxylic acids is 2. The molecule has 148 valence electrons. The maximum atomic E-state index is 12.8. The number of rotatable bonds is 6. The summed E-state index contributed by atoms with van der Waals surface area (Å²) >= 11 is 0. The van der Waals surface area contributed by atoms with Crippen LogP contribution in [0.3, 0.4) is 0 Å². The lowest BCUT2D eigenvalue weighted by Gasteiger charge is -2.32. The van der Waals surface area contributed by atoms with Gasteiger partial charge in [-0.15, -0.1) is 0 Å². The number of para-hydroxylation sites is 3. The summed E-state index contributed by atoms with van der Waals surface area (Å²) in [6.45, 7) is 3.70. The van der Waals surface area contributed by atoms with Crippen LogP contribution in [0.25, 0.3) is 0 Å². The average Bonchev–Trinajstić information content (AvgIpc) is 2.74. The topological polar surface area (TPSA) is 70.7 Å². The number of urea groups is 1. The largest absolute Gasteiger partial charge is 0.491 e. The van der Waals surface area contributed by atoms with Gasteiger partial charge in [0.1, 0.15) is 5.75 Å². The van der Waals surface area contributed by atoms with E-state index in [1.54, 1.807) is 4.90 Å². The van der Waals surface area contributed by atoms with Gasteiger partial charge in [-0.1, -0.05) is 37.3 Å². The number of ether oxygens (including phenoxy) is 1. The highest BCUT2D eigenvalue weighted by Crippen LogP contribution is 2.26. The average molecular weight is 381 g/mol. The highest BCUT2D eigenvalue weighted by atomic mass is 16.5. The number of hydrogen-bond donors (Lipinski definition) is 2. The molecule has 6 nitrogen and oxygen atoms in total. The molecule has 0 spiro atoms. The van der Waals surface area contributed by atoms with Gasteiger partial charge in [0.25, 0.3) is 0 Å². The molecule has 0 bridgehead atoms. The van der Waals surface area contributed by atoms with E-state index >= 15 is 0 Å². The normalized spacial score (nSPS) is 16.3. The number of likely N-dealkylation sites (tertiary alicyclic amines) is 1. The molecule has 3 amide bonds. The van der Waals surface area contributed by atoms with E-state index in [0.29, 0.717) is 31.1 Å². The molecule has 1 aliphatic rings. The molecule has 0 radical (unpaired) electrons. The Kier molecular flexibility index (Phi) is 6.89. The molecule has 3 rings (SSSR count). The van der Waals surface area contributed by atoms with Crippen molar-refractivity contribution in [3.05, 3.63) is 54.6 Å². The van der Waals surface area contributed by atoms with E-state index in [1.807, 2.05) is 61.5 Å². The van der Waals surface area contributed by atoms with Crippen molar-refractivity contribution in [2.24, 2.45) is 5.92 Å². The first-order chi connectivity index (χ1) is 13.7. The molecular formula is C22H27N3O3. The van der Waals surface area contributed by atoms with Crippen LogP contribution in [0.5, 0.6) is 5.75 Å². The third kappa shape index (κ3) is 5.25. The van der Waals surface area contributed by atoms with Crippen molar-refractivity contribution in [3.8, 4) is 5.75 Å². The Morgan fingerprint density at radius 1 is 1.07 bits per heavy atom. The number of piperidine rings is 1. The van der Waals surface area contributed by atoms with Crippen molar-refractivity contribution in [3.63, 3.8) is 0 Å². The predicted octanol–water partition coefficient (Wildman–Crippen LogP) is 4.36. The lowest BCUT2D eigenvalue weighted by molar-refractivity contribution is -0.121. The fourth-order valence-corrected chi connectivity index (χ4v) is 3.24. The summed E-state index contributed by atoms with van der Waals surface area (Å²) < 4.78 is 5.71. The van der Waals surface area contributed by atoms with E-state index in [0.717, 1.165) is 24.9 Å². The van der Waals surface area contributed by atoms with Gasteiger partial charge in [0.05, 0.1) is 18.2 Å². The molecule has 2 aromatic carbocycles. The van der Waals surface area contributed by atoms with Crippen molar-refractivity contribution >= 4 is 23.3 Å². The second-order valence-electron chi connectivity index (χ2n) is 6.92. The third-order valence-electron chi connectivity index (χ3n) is 4.71. The quantitative estimate of drug-likeness (QED) is 0.781. The fraction of sp³-hybridized carbons (Fsp3) is 0.364. The van der Waals surface area contributed by atoms with Crippen molar-refractivity contribution in [2.75, 3.05) is 30.3 Å². The molecule has 2 N–H and O–H groups in total. The van der Waals surface area contributed by atoms with Crippen LogP contribution in [0.15, 0.2) is 54.6 Å². The second kappa shape index (κ2) is 9.78. The zero-order valence-electron chi connectivity index (χ0n) is 16.2. The predicted molar refractivity (Wildman–Crippen MR) is 111 cm³/mol. The Hall–Kier alpha value is -3.02. The van der Waals surface area contributed by atoms with E-state index < -0.39 is 0 Å². The van der Waals surface area contributed by atoms with Gasteiger partial charge in [0.15, 0.2) is 0 Å². The van der Waals surface area contributed by atoms with Crippen LogP contribution in [0.4, 0.5) is 16.2 Å².